The van der Waals surface area contributed by atoms with E-state index in [9.17, 15) is 5.11 Å². The lowest BCUT2D eigenvalue weighted by Gasteiger charge is -2.20. The minimum absolute atomic E-state index is 0.424. The van der Waals surface area contributed by atoms with Crippen LogP contribution in [0.3, 0.4) is 0 Å². The normalized spacial score (nSPS) is 14.3. The molecule has 2 aromatic carbocycles. The summed E-state index contributed by atoms with van der Waals surface area (Å²) in [7, 11) is 1.61. The fourth-order valence-corrected chi connectivity index (χ4v) is 3.27. The number of halogens is 2. The predicted octanol–water partition coefficient (Wildman–Crippen LogP) is 4.10. The second-order valence-electron chi connectivity index (χ2n) is 5.82. The summed E-state index contributed by atoms with van der Waals surface area (Å²) in [5.41, 5.74) is 2.74. The summed E-state index contributed by atoms with van der Waals surface area (Å²) in [5.74, 6) is 1.39. The first kappa shape index (κ1) is 18.1. The van der Waals surface area contributed by atoms with Crippen LogP contribution in [0.15, 0.2) is 42.0 Å². The number of ether oxygens (including phenoxy) is 2. The largest absolute Gasteiger partial charge is 0.497 e. The van der Waals surface area contributed by atoms with Gasteiger partial charge in [0.1, 0.15) is 18.1 Å². The number of fused-ring (bicyclic) bond motifs is 1. The van der Waals surface area contributed by atoms with Crippen LogP contribution in [0, 0.1) is 0 Å². The van der Waals surface area contributed by atoms with Gasteiger partial charge < -0.3 is 19.9 Å². The first-order valence-corrected chi connectivity index (χ1v) is 8.66. The maximum atomic E-state index is 10.3. The van der Waals surface area contributed by atoms with Crippen molar-refractivity contribution in [3.05, 3.63) is 63.1 Å². The monoisotopic (exact) mass is 379 g/mol. The molecule has 0 saturated heterocycles. The van der Waals surface area contributed by atoms with E-state index in [2.05, 4.69) is 5.32 Å². The van der Waals surface area contributed by atoms with E-state index >= 15 is 0 Å². The molecule has 132 valence electrons. The minimum Gasteiger partial charge on any atom is -0.497 e. The lowest BCUT2D eigenvalue weighted by Crippen LogP contribution is -2.26. The van der Waals surface area contributed by atoms with Crippen molar-refractivity contribution in [2.75, 3.05) is 26.8 Å². The quantitative estimate of drug-likeness (QED) is 0.792. The Morgan fingerprint density at radius 1 is 1.28 bits per heavy atom. The van der Waals surface area contributed by atoms with Gasteiger partial charge in [-0.05, 0) is 41.5 Å². The van der Waals surface area contributed by atoms with Crippen LogP contribution in [0.4, 0.5) is 0 Å². The van der Waals surface area contributed by atoms with Crippen molar-refractivity contribution in [2.45, 2.75) is 6.10 Å². The highest BCUT2D eigenvalue weighted by Gasteiger charge is 2.16. The SMILES string of the molecule is COc1cccc(C(O)CNCC2=Cc3cc(Cl)cc(Cl)c3OC2)c1. The molecule has 1 aliphatic rings. The predicted molar refractivity (Wildman–Crippen MR) is 101 cm³/mol. The molecule has 1 heterocycles. The summed E-state index contributed by atoms with van der Waals surface area (Å²) in [5, 5.41) is 14.6. The molecule has 6 heteroatoms. The van der Waals surface area contributed by atoms with Crippen LogP contribution in [-0.4, -0.2) is 31.9 Å². The Balaban J connectivity index is 1.59. The third kappa shape index (κ3) is 4.47. The molecule has 1 aliphatic heterocycles. The van der Waals surface area contributed by atoms with E-state index in [1.165, 1.54) is 0 Å². The molecule has 2 aromatic rings. The first-order valence-electron chi connectivity index (χ1n) is 7.91. The number of benzene rings is 2. The minimum atomic E-state index is -0.614. The Morgan fingerprint density at radius 3 is 2.92 bits per heavy atom. The Kier molecular flexibility index (Phi) is 5.86. The van der Waals surface area contributed by atoms with E-state index < -0.39 is 6.10 Å². The van der Waals surface area contributed by atoms with Crippen molar-refractivity contribution in [3.8, 4) is 11.5 Å². The van der Waals surface area contributed by atoms with Crippen LogP contribution in [0.2, 0.25) is 10.0 Å². The zero-order valence-electron chi connectivity index (χ0n) is 13.8. The van der Waals surface area contributed by atoms with Gasteiger partial charge in [-0.2, -0.15) is 0 Å². The highest BCUT2D eigenvalue weighted by molar-refractivity contribution is 6.36. The molecule has 0 spiro atoms. The number of hydrogen-bond donors (Lipinski definition) is 2. The van der Waals surface area contributed by atoms with Crippen molar-refractivity contribution in [2.24, 2.45) is 0 Å². The molecule has 0 fully saturated rings. The van der Waals surface area contributed by atoms with Crippen molar-refractivity contribution in [3.63, 3.8) is 0 Å². The average molecular weight is 380 g/mol. The summed E-state index contributed by atoms with van der Waals surface area (Å²) in [6, 6.07) is 10.9. The Bertz CT molecular complexity index is 792. The summed E-state index contributed by atoms with van der Waals surface area (Å²) >= 11 is 12.2. The molecule has 0 amide bonds. The van der Waals surface area contributed by atoms with E-state index in [-0.39, 0.29) is 0 Å². The number of nitrogens with one attached hydrogen (secondary N) is 1. The van der Waals surface area contributed by atoms with Crippen molar-refractivity contribution < 1.29 is 14.6 Å². The molecule has 25 heavy (non-hydrogen) atoms. The van der Waals surface area contributed by atoms with E-state index in [4.69, 9.17) is 32.7 Å². The van der Waals surface area contributed by atoms with E-state index in [1.54, 1.807) is 13.2 Å². The van der Waals surface area contributed by atoms with Crippen LogP contribution in [-0.2, 0) is 0 Å². The van der Waals surface area contributed by atoms with Crippen LogP contribution >= 0.6 is 23.2 Å². The topological polar surface area (TPSA) is 50.7 Å². The van der Waals surface area contributed by atoms with Gasteiger partial charge in [0, 0.05) is 23.7 Å². The number of aliphatic hydroxyl groups is 1. The molecule has 0 aliphatic carbocycles. The molecule has 1 atom stereocenters. The Hall–Kier alpha value is -1.72. The lowest BCUT2D eigenvalue weighted by atomic mass is 10.1. The number of aliphatic hydroxyl groups excluding tert-OH is 1. The van der Waals surface area contributed by atoms with Gasteiger partial charge >= 0.3 is 0 Å². The fourth-order valence-electron chi connectivity index (χ4n) is 2.70. The summed E-state index contributed by atoms with van der Waals surface area (Å²) < 4.78 is 10.9. The van der Waals surface area contributed by atoms with Crippen LogP contribution < -0.4 is 14.8 Å². The van der Waals surface area contributed by atoms with Crippen LogP contribution in [0.1, 0.15) is 17.2 Å². The van der Waals surface area contributed by atoms with Gasteiger partial charge in [-0.1, -0.05) is 35.3 Å². The number of rotatable bonds is 6. The second-order valence-corrected chi connectivity index (χ2v) is 6.66. The first-order chi connectivity index (χ1) is 12.1. The molecule has 0 aromatic heterocycles. The zero-order chi connectivity index (χ0) is 17.8. The molecular formula is C19H19Cl2NO3. The molecule has 0 radical (unpaired) electrons. The Morgan fingerprint density at radius 2 is 2.12 bits per heavy atom. The summed E-state index contributed by atoms with van der Waals surface area (Å²) in [6.07, 6.45) is 1.40. The van der Waals surface area contributed by atoms with Gasteiger partial charge in [0.05, 0.1) is 18.2 Å². The zero-order valence-corrected chi connectivity index (χ0v) is 15.3. The van der Waals surface area contributed by atoms with E-state index in [0.29, 0.717) is 35.5 Å². The third-order valence-corrected chi connectivity index (χ3v) is 4.47. The smallest absolute Gasteiger partial charge is 0.145 e. The summed E-state index contributed by atoms with van der Waals surface area (Å²) in [6.45, 7) is 1.48. The van der Waals surface area contributed by atoms with Gasteiger partial charge in [0.2, 0.25) is 0 Å². The molecule has 3 rings (SSSR count). The van der Waals surface area contributed by atoms with Crippen LogP contribution in [0.5, 0.6) is 11.5 Å². The molecular weight excluding hydrogens is 361 g/mol. The molecule has 2 N–H and O–H groups in total. The second kappa shape index (κ2) is 8.11. The summed E-state index contributed by atoms with van der Waals surface area (Å²) in [4.78, 5) is 0. The van der Waals surface area contributed by atoms with Crippen molar-refractivity contribution >= 4 is 29.3 Å². The van der Waals surface area contributed by atoms with Gasteiger partial charge in [0.15, 0.2) is 0 Å². The lowest BCUT2D eigenvalue weighted by molar-refractivity contribution is 0.175. The van der Waals surface area contributed by atoms with E-state index in [1.807, 2.05) is 36.4 Å². The van der Waals surface area contributed by atoms with Crippen molar-refractivity contribution in [1.29, 1.82) is 0 Å². The van der Waals surface area contributed by atoms with Crippen molar-refractivity contribution in [1.82, 2.24) is 5.32 Å². The standard InChI is InChI=1S/C19H19Cl2NO3/c1-24-16-4-2-3-13(7-16)18(23)10-22-9-12-5-14-6-15(20)8-17(21)19(14)25-11-12/h2-8,18,22-23H,9-11H2,1H3. The number of hydrogen-bond acceptors (Lipinski definition) is 4. The molecule has 1 unspecified atom stereocenters. The van der Waals surface area contributed by atoms with Gasteiger partial charge in [0.25, 0.3) is 0 Å². The van der Waals surface area contributed by atoms with Gasteiger partial charge in [-0.25, -0.2) is 0 Å². The van der Waals surface area contributed by atoms with Gasteiger partial charge in [-0.3, -0.25) is 0 Å². The number of methoxy groups -OCH3 is 1. The maximum absolute atomic E-state index is 10.3. The molecule has 0 bridgehead atoms. The fraction of sp³-hybridized carbons (Fsp3) is 0.263. The van der Waals surface area contributed by atoms with Gasteiger partial charge in [-0.15, -0.1) is 0 Å². The third-order valence-electron chi connectivity index (χ3n) is 3.97. The molecule has 0 saturated carbocycles. The molecule has 4 nitrogen and oxygen atoms in total. The van der Waals surface area contributed by atoms with E-state index in [0.717, 1.165) is 22.4 Å². The highest BCUT2D eigenvalue weighted by atomic mass is 35.5. The maximum Gasteiger partial charge on any atom is 0.145 e. The Labute approximate surface area is 157 Å². The average Bonchev–Trinajstić information content (AvgIpc) is 2.61. The highest BCUT2D eigenvalue weighted by Crippen LogP contribution is 2.36. The van der Waals surface area contributed by atoms with Crippen LogP contribution in [0.25, 0.3) is 6.08 Å².